The van der Waals surface area contributed by atoms with Crippen LogP contribution in [0.2, 0.25) is 10.0 Å². The van der Waals surface area contributed by atoms with Crippen molar-refractivity contribution in [3.63, 3.8) is 0 Å². The SMILES string of the molecule is O=C(c1ccc(N2CCOCC2)cc1)N1CCN(S(=O)(=O)c2ccc(Cl)c(Cl)c2)CC1. The van der Waals surface area contributed by atoms with Gasteiger partial charge in [-0.3, -0.25) is 4.79 Å². The highest BCUT2D eigenvalue weighted by Gasteiger charge is 2.30. The Morgan fingerprint density at radius 1 is 0.839 bits per heavy atom. The largest absolute Gasteiger partial charge is 0.378 e. The van der Waals surface area contributed by atoms with Gasteiger partial charge in [-0.05, 0) is 42.5 Å². The predicted molar refractivity (Wildman–Crippen MR) is 121 cm³/mol. The zero-order valence-electron chi connectivity index (χ0n) is 16.8. The molecule has 0 bridgehead atoms. The van der Waals surface area contributed by atoms with E-state index < -0.39 is 10.0 Å². The second-order valence-electron chi connectivity index (χ2n) is 7.42. The Balaban J connectivity index is 1.39. The van der Waals surface area contributed by atoms with Gasteiger partial charge >= 0.3 is 0 Å². The molecule has 0 aliphatic carbocycles. The number of hydrogen-bond donors (Lipinski definition) is 0. The van der Waals surface area contributed by atoms with Gasteiger partial charge in [0.05, 0.1) is 28.2 Å². The number of carbonyl (C=O) groups is 1. The number of sulfonamides is 1. The Morgan fingerprint density at radius 2 is 1.48 bits per heavy atom. The molecule has 0 atom stereocenters. The summed E-state index contributed by atoms with van der Waals surface area (Å²) in [6.07, 6.45) is 0. The standard InChI is InChI=1S/C21H23Cl2N3O4S/c22-19-6-5-18(15-20(19)23)31(28,29)26-9-7-25(8-10-26)21(27)16-1-3-17(4-2-16)24-11-13-30-14-12-24/h1-6,15H,7-14H2. The van der Waals surface area contributed by atoms with E-state index in [2.05, 4.69) is 4.90 Å². The summed E-state index contributed by atoms with van der Waals surface area (Å²) < 4.78 is 32.5. The van der Waals surface area contributed by atoms with E-state index in [4.69, 9.17) is 27.9 Å². The number of rotatable bonds is 4. The topological polar surface area (TPSA) is 70.2 Å². The number of carbonyl (C=O) groups excluding carboxylic acids is 1. The van der Waals surface area contributed by atoms with Gasteiger partial charge in [0.2, 0.25) is 10.0 Å². The van der Waals surface area contributed by atoms with E-state index in [1.54, 1.807) is 4.90 Å². The van der Waals surface area contributed by atoms with E-state index >= 15 is 0 Å². The van der Waals surface area contributed by atoms with Gasteiger partial charge in [0, 0.05) is 50.5 Å². The second-order valence-corrected chi connectivity index (χ2v) is 10.2. The predicted octanol–water partition coefficient (Wildman–Crippen LogP) is 2.98. The average Bonchev–Trinajstić information content (AvgIpc) is 2.81. The number of benzene rings is 2. The van der Waals surface area contributed by atoms with Crippen molar-refractivity contribution in [3.8, 4) is 0 Å². The molecule has 0 radical (unpaired) electrons. The van der Waals surface area contributed by atoms with Crippen LogP contribution < -0.4 is 4.90 Å². The lowest BCUT2D eigenvalue weighted by atomic mass is 10.1. The van der Waals surface area contributed by atoms with E-state index in [-0.39, 0.29) is 28.9 Å². The molecule has 2 heterocycles. The molecule has 2 aliphatic rings. The lowest BCUT2D eigenvalue weighted by Crippen LogP contribution is -2.50. The van der Waals surface area contributed by atoms with Crippen LogP contribution in [0.5, 0.6) is 0 Å². The molecule has 166 valence electrons. The molecule has 10 heteroatoms. The molecule has 1 amide bonds. The van der Waals surface area contributed by atoms with Crippen LogP contribution in [-0.4, -0.2) is 76.0 Å². The van der Waals surface area contributed by atoms with Gasteiger partial charge in [0.25, 0.3) is 5.91 Å². The molecule has 31 heavy (non-hydrogen) atoms. The van der Waals surface area contributed by atoms with Gasteiger partial charge in [-0.2, -0.15) is 4.31 Å². The van der Waals surface area contributed by atoms with Gasteiger partial charge in [-0.1, -0.05) is 23.2 Å². The zero-order chi connectivity index (χ0) is 22.0. The van der Waals surface area contributed by atoms with Gasteiger partial charge < -0.3 is 14.5 Å². The first-order valence-electron chi connectivity index (χ1n) is 10.0. The summed E-state index contributed by atoms with van der Waals surface area (Å²) in [4.78, 5) is 16.9. The zero-order valence-corrected chi connectivity index (χ0v) is 19.2. The molecule has 2 aromatic rings. The maximum atomic E-state index is 12.9. The fourth-order valence-electron chi connectivity index (χ4n) is 3.74. The summed E-state index contributed by atoms with van der Waals surface area (Å²) in [5.74, 6) is -0.0971. The molecule has 0 unspecified atom stereocenters. The normalized spacial score (nSPS) is 18.3. The number of nitrogens with zero attached hydrogens (tertiary/aromatic N) is 3. The molecule has 7 nitrogen and oxygen atoms in total. The van der Waals surface area contributed by atoms with Crippen LogP contribution >= 0.6 is 23.2 Å². The van der Waals surface area contributed by atoms with Crippen LogP contribution in [0.4, 0.5) is 5.69 Å². The molecule has 2 fully saturated rings. The number of morpholine rings is 1. The summed E-state index contributed by atoms with van der Waals surface area (Å²) in [5, 5.41) is 0.493. The molecule has 2 aliphatic heterocycles. The lowest BCUT2D eigenvalue weighted by Gasteiger charge is -2.34. The van der Waals surface area contributed by atoms with Crippen molar-refractivity contribution in [1.82, 2.24) is 9.21 Å². The molecule has 0 saturated carbocycles. The number of ether oxygens (including phenoxy) is 1. The molecular formula is C21H23Cl2N3O4S. The first-order valence-corrected chi connectivity index (χ1v) is 12.2. The summed E-state index contributed by atoms with van der Waals surface area (Å²) in [6.45, 7) is 4.17. The average molecular weight is 484 g/mol. The minimum Gasteiger partial charge on any atom is -0.378 e. The van der Waals surface area contributed by atoms with Crippen molar-refractivity contribution in [2.24, 2.45) is 0 Å². The Labute approximate surface area is 192 Å². The van der Waals surface area contributed by atoms with Crippen LogP contribution in [0, 0.1) is 0 Å². The second kappa shape index (κ2) is 9.34. The third kappa shape index (κ3) is 4.83. The maximum absolute atomic E-state index is 12.9. The third-order valence-electron chi connectivity index (χ3n) is 5.55. The molecule has 2 saturated heterocycles. The smallest absolute Gasteiger partial charge is 0.253 e. The third-order valence-corrected chi connectivity index (χ3v) is 8.18. The van der Waals surface area contributed by atoms with E-state index in [0.717, 1.165) is 18.8 Å². The van der Waals surface area contributed by atoms with E-state index in [1.165, 1.54) is 22.5 Å². The van der Waals surface area contributed by atoms with E-state index in [1.807, 2.05) is 24.3 Å². The Bertz CT molecular complexity index is 1050. The molecular weight excluding hydrogens is 461 g/mol. The van der Waals surface area contributed by atoms with Crippen LogP contribution in [0.1, 0.15) is 10.4 Å². The summed E-state index contributed by atoms with van der Waals surface area (Å²) >= 11 is 11.9. The molecule has 2 aromatic carbocycles. The molecule has 0 spiro atoms. The minimum atomic E-state index is -3.70. The Hall–Kier alpha value is -1.84. The van der Waals surface area contributed by atoms with Gasteiger partial charge in [-0.15, -0.1) is 0 Å². The summed E-state index contributed by atoms with van der Waals surface area (Å²) in [6, 6.07) is 11.8. The van der Waals surface area contributed by atoms with Gasteiger partial charge in [-0.25, -0.2) is 8.42 Å². The number of hydrogen-bond acceptors (Lipinski definition) is 5. The first kappa shape index (κ1) is 22.4. The highest BCUT2D eigenvalue weighted by Crippen LogP contribution is 2.27. The van der Waals surface area contributed by atoms with Crippen molar-refractivity contribution in [2.75, 3.05) is 57.4 Å². The monoisotopic (exact) mass is 483 g/mol. The van der Waals surface area contributed by atoms with Crippen molar-refractivity contribution >= 4 is 44.8 Å². The summed E-state index contributed by atoms with van der Waals surface area (Å²) in [7, 11) is -3.70. The van der Waals surface area contributed by atoms with E-state index in [9.17, 15) is 13.2 Å². The fraction of sp³-hybridized carbons (Fsp3) is 0.381. The number of amides is 1. The quantitative estimate of drug-likeness (QED) is 0.668. The van der Waals surface area contributed by atoms with Crippen molar-refractivity contribution in [2.45, 2.75) is 4.90 Å². The van der Waals surface area contributed by atoms with Crippen LogP contribution in [0.25, 0.3) is 0 Å². The highest BCUT2D eigenvalue weighted by molar-refractivity contribution is 7.89. The highest BCUT2D eigenvalue weighted by atomic mass is 35.5. The van der Waals surface area contributed by atoms with Crippen molar-refractivity contribution < 1.29 is 17.9 Å². The van der Waals surface area contributed by atoms with Crippen molar-refractivity contribution in [3.05, 3.63) is 58.1 Å². The number of halogens is 2. The minimum absolute atomic E-state index is 0.0971. The van der Waals surface area contributed by atoms with Gasteiger partial charge in [0.15, 0.2) is 0 Å². The Kier molecular flexibility index (Phi) is 6.74. The van der Waals surface area contributed by atoms with E-state index in [0.29, 0.717) is 36.9 Å². The fourth-order valence-corrected chi connectivity index (χ4v) is 5.55. The van der Waals surface area contributed by atoms with Crippen LogP contribution in [0.15, 0.2) is 47.4 Å². The van der Waals surface area contributed by atoms with Crippen LogP contribution in [-0.2, 0) is 14.8 Å². The van der Waals surface area contributed by atoms with Crippen molar-refractivity contribution in [1.29, 1.82) is 0 Å². The van der Waals surface area contributed by atoms with Crippen LogP contribution in [0.3, 0.4) is 0 Å². The maximum Gasteiger partial charge on any atom is 0.253 e. The molecule has 0 N–H and O–H groups in total. The lowest BCUT2D eigenvalue weighted by molar-refractivity contribution is 0.0698. The molecule has 0 aromatic heterocycles. The number of anilines is 1. The summed E-state index contributed by atoms with van der Waals surface area (Å²) in [5.41, 5.74) is 1.66. The first-order chi connectivity index (χ1) is 14.9. The Morgan fingerprint density at radius 3 is 2.10 bits per heavy atom. The number of piperazine rings is 1. The van der Waals surface area contributed by atoms with Gasteiger partial charge in [0.1, 0.15) is 0 Å². The molecule has 4 rings (SSSR count).